The van der Waals surface area contributed by atoms with Crippen molar-refractivity contribution in [3.8, 4) is 17.2 Å². The van der Waals surface area contributed by atoms with E-state index in [9.17, 15) is 18.0 Å². The lowest BCUT2D eigenvalue weighted by Crippen LogP contribution is -2.24. The van der Waals surface area contributed by atoms with Gasteiger partial charge in [0, 0.05) is 7.05 Å². The molecule has 0 aliphatic heterocycles. The Morgan fingerprint density at radius 2 is 1.78 bits per heavy atom. The molecule has 0 saturated carbocycles. The third-order valence-corrected chi connectivity index (χ3v) is 4.15. The fraction of sp³-hybridized carbons (Fsp3) is 0.188. The summed E-state index contributed by atoms with van der Waals surface area (Å²) in [6, 6.07) is 10.7. The first-order valence-electron chi connectivity index (χ1n) is 7.50. The number of aryl methyl sites for hydroxylation is 1. The van der Waals surface area contributed by atoms with Gasteiger partial charge in [0.2, 0.25) is 0 Å². The Hall–Kier alpha value is -2.82. The summed E-state index contributed by atoms with van der Waals surface area (Å²) in [4.78, 5) is 12.1. The van der Waals surface area contributed by atoms with Crippen LogP contribution in [0, 0.1) is 0 Å². The van der Waals surface area contributed by atoms with E-state index in [2.05, 4.69) is 31.1 Å². The number of hydrogen-bond acceptors (Lipinski definition) is 5. The average Bonchev–Trinajstić information content (AvgIpc) is 2.93. The number of rotatable bonds is 5. The molecular formula is C16H12BrF3N4O3. The molecule has 0 bridgehead atoms. The molecule has 1 aromatic heterocycles. The van der Waals surface area contributed by atoms with Crippen molar-refractivity contribution in [3.63, 3.8) is 0 Å². The van der Waals surface area contributed by atoms with E-state index in [1.165, 1.54) is 19.2 Å². The monoisotopic (exact) mass is 444 g/mol. The van der Waals surface area contributed by atoms with Crippen molar-refractivity contribution in [1.29, 1.82) is 0 Å². The first kappa shape index (κ1) is 19.0. The molecule has 3 aromatic rings. The van der Waals surface area contributed by atoms with Gasteiger partial charge in [0.05, 0.1) is 15.7 Å². The number of benzene rings is 2. The SMILES string of the molecule is Cn1nnn(-c2cccc(OC(F)(F)F)c2COc2ccccc2Br)c1=O. The van der Waals surface area contributed by atoms with Crippen LogP contribution in [-0.4, -0.2) is 26.2 Å². The molecule has 0 fully saturated rings. The van der Waals surface area contributed by atoms with Crippen LogP contribution in [0.25, 0.3) is 5.69 Å². The van der Waals surface area contributed by atoms with Gasteiger partial charge >= 0.3 is 12.1 Å². The summed E-state index contributed by atoms with van der Waals surface area (Å²) in [6.07, 6.45) is -4.91. The summed E-state index contributed by atoms with van der Waals surface area (Å²) in [5.74, 6) is -0.0821. The standard InChI is InChI=1S/C16H12BrF3N4O3/c1-23-15(25)24(22-21-23)12-6-4-8-13(27-16(18,19)20)10(12)9-26-14-7-3-2-5-11(14)17/h2-8H,9H2,1H3. The first-order valence-corrected chi connectivity index (χ1v) is 8.30. The van der Waals surface area contributed by atoms with Crippen LogP contribution in [0.5, 0.6) is 11.5 Å². The maximum atomic E-state index is 12.8. The van der Waals surface area contributed by atoms with Crippen LogP contribution in [0.15, 0.2) is 51.7 Å². The van der Waals surface area contributed by atoms with Crippen molar-refractivity contribution < 1.29 is 22.6 Å². The van der Waals surface area contributed by atoms with Gasteiger partial charge in [-0.05, 0) is 50.6 Å². The van der Waals surface area contributed by atoms with Crippen LogP contribution in [0.2, 0.25) is 0 Å². The van der Waals surface area contributed by atoms with E-state index < -0.39 is 17.8 Å². The molecule has 27 heavy (non-hydrogen) atoms. The third kappa shape index (κ3) is 4.30. The van der Waals surface area contributed by atoms with Crippen molar-refractivity contribution in [1.82, 2.24) is 19.8 Å². The lowest BCUT2D eigenvalue weighted by atomic mass is 10.1. The van der Waals surface area contributed by atoms with Gasteiger partial charge in [-0.2, -0.15) is 9.36 Å². The molecule has 0 aliphatic carbocycles. The summed E-state index contributed by atoms with van der Waals surface area (Å²) >= 11 is 3.30. The molecule has 0 saturated heterocycles. The molecule has 0 spiro atoms. The minimum atomic E-state index is -4.91. The number of para-hydroxylation sites is 1. The first-order chi connectivity index (χ1) is 12.8. The van der Waals surface area contributed by atoms with E-state index in [1.807, 2.05) is 0 Å². The minimum Gasteiger partial charge on any atom is -0.487 e. The maximum Gasteiger partial charge on any atom is 0.573 e. The van der Waals surface area contributed by atoms with E-state index in [4.69, 9.17) is 4.74 Å². The third-order valence-electron chi connectivity index (χ3n) is 3.49. The van der Waals surface area contributed by atoms with Crippen LogP contribution in [0.4, 0.5) is 13.2 Å². The molecule has 0 radical (unpaired) electrons. The molecule has 11 heteroatoms. The highest BCUT2D eigenvalue weighted by atomic mass is 79.9. The Morgan fingerprint density at radius 3 is 2.41 bits per heavy atom. The summed E-state index contributed by atoms with van der Waals surface area (Å²) in [7, 11) is 1.37. The van der Waals surface area contributed by atoms with Crippen molar-refractivity contribution >= 4 is 15.9 Å². The topological polar surface area (TPSA) is 71.2 Å². The zero-order valence-electron chi connectivity index (χ0n) is 13.8. The second-order valence-corrected chi connectivity index (χ2v) is 6.17. The number of aromatic nitrogens is 4. The molecular weight excluding hydrogens is 433 g/mol. The number of tetrazole rings is 1. The molecule has 0 unspecified atom stereocenters. The molecule has 0 atom stereocenters. The van der Waals surface area contributed by atoms with Gasteiger partial charge in [0.1, 0.15) is 18.1 Å². The lowest BCUT2D eigenvalue weighted by molar-refractivity contribution is -0.275. The summed E-state index contributed by atoms with van der Waals surface area (Å²) < 4.78 is 50.6. The predicted molar refractivity (Wildman–Crippen MR) is 91.8 cm³/mol. The largest absolute Gasteiger partial charge is 0.573 e. The van der Waals surface area contributed by atoms with E-state index in [-0.39, 0.29) is 17.9 Å². The normalized spacial score (nSPS) is 11.4. The summed E-state index contributed by atoms with van der Waals surface area (Å²) in [5, 5.41) is 7.25. The molecule has 142 valence electrons. The van der Waals surface area contributed by atoms with Crippen molar-refractivity contribution in [2.75, 3.05) is 0 Å². The Balaban J connectivity index is 2.05. The highest BCUT2D eigenvalue weighted by molar-refractivity contribution is 9.10. The van der Waals surface area contributed by atoms with E-state index >= 15 is 0 Å². The highest BCUT2D eigenvalue weighted by Gasteiger charge is 2.33. The predicted octanol–water partition coefficient (Wildman–Crippen LogP) is 3.21. The number of hydrogen-bond donors (Lipinski definition) is 0. The minimum absolute atomic E-state index is 0.00632. The molecule has 3 rings (SSSR count). The van der Waals surface area contributed by atoms with Gasteiger partial charge in [-0.25, -0.2) is 4.79 Å². The lowest BCUT2D eigenvalue weighted by Gasteiger charge is -2.17. The van der Waals surface area contributed by atoms with Gasteiger partial charge in [0.25, 0.3) is 0 Å². The molecule has 2 aromatic carbocycles. The van der Waals surface area contributed by atoms with E-state index in [0.29, 0.717) is 10.2 Å². The quantitative estimate of drug-likeness (QED) is 0.604. The number of ether oxygens (including phenoxy) is 2. The van der Waals surface area contributed by atoms with Gasteiger partial charge in [-0.15, -0.1) is 13.2 Å². The van der Waals surface area contributed by atoms with Crippen molar-refractivity contribution in [3.05, 3.63) is 63.0 Å². The summed E-state index contributed by atoms with van der Waals surface area (Å²) in [5.41, 5.74) is -0.559. The van der Waals surface area contributed by atoms with Crippen molar-refractivity contribution in [2.24, 2.45) is 7.05 Å². The number of halogens is 4. The summed E-state index contributed by atoms with van der Waals surface area (Å²) in [6.45, 7) is -0.298. The van der Waals surface area contributed by atoms with Crippen LogP contribution < -0.4 is 15.2 Å². The Labute approximate surface area is 159 Å². The number of alkyl halides is 3. The highest BCUT2D eigenvalue weighted by Crippen LogP contribution is 2.32. The fourth-order valence-corrected chi connectivity index (χ4v) is 2.69. The van der Waals surface area contributed by atoms with Crippen molar-refractivity contribution in [2.45, 2.75) is 13.0 Å². The molecule has 7 nitrogen and oxygen atoms in total. The zero-order valence-corrected chi connectivity index (χ0v) is 15.4. The van der Waals surface area contributed by atoms with Gasteiger partial charge in [0.15, 0.2) is 0 Å². The van der Waals surface area contributed by atoms with Crippen LogP contribution in [0.3, 0.4) is 0 Å². The van der Waals surface area contributed by atoms with Gasteiger partial charge in [-0.1, -0.05) is 18.2 Å². The molecule has 0 amide bonds. The Bertz CT molecular complexity index is 1020. The van der Waals surface area contributed by atoms with Gasteiger partial charge < -0.3 is 9.47 Å². The van der Waals surface area contributed by atoms with E-state index in [1.54, 1.807) is 24.3 Å². The molecule has 1 heterocycles. The zero-order chi connectivity index (χ0) is 19.6. The second-order valence-electron chi connectivity index (χ2n) is 5.32. The molecule has 0 aliphatic rings. The van der Waals surface area contributed by atoms with E-state index in [0.717, 1.165) is 15.4 Å². The smallest absolute Gasteiger partial charge is 0.487 e. The second kappa shape index (κ2) is 7.43. The fourth-order valence-electron chi connectivity index (χ4n) is 2.29. The van der Waals surface area contributed by atoms with Crippen LogP contribution >= 0.6 is 15.9 Å². The number of nitrogens with zero attached hydrogens (tertiary/aromatic N) is 4. The van der Waals surface area contributed by atoms with Crippen LogP contribution in [0.1, 0.15) is 5.56 Å². The maximum absolute atomic E-state index is 12.8. The Kier molecular flexibility index (Phi) is 5.22. The molecule has 0 N–H and O–H groups in total. The Morgan fingerprint density at radius 1 is 1.07 bits per heavy atom. The average molecular weight is 445 g/mol. The van der Waals surface area contributed by atoms with Crippen LogP contribution in [-0.2, 0) is 13.7 Å². The van der Waals surface area contributed by atoms with Gasteiger partial charge in [-0.3, -0.25) is 0 Å².